The van der Waals surface area contributed by atoms with Crippen LogP contribution in [0.5, 0.6) is 5.88 Å². The number of ether oxygens (including phenoxy) is 1. The van der Waals surface area contributed by atoms with Crippen molar-refractivity contribution in [2.24, 2.45) is 5.73 Å². The number of hydrogen-bond acceptors (Lipinski definition) is 5. The van der Waals surface area contributed by atoms with E-state index < -0.39 is 6.03 Å². The molecule has 0 fully saturated rings. The third-order valence-corrected chi connectivity index (χ3v) is 1.63. The highest BCUT2D eigenvalue weighted by Gasteiger charge is 1.98. The van der Waals surface area contributed by atoms with E-state index in [0.717, 1.165) is 0 Å². The summed E-state index contributed by atoms with van der Waals surface area (Å²) >= 11 is 0. The maximum Gasteiger partial charge on any atom is 0.312 e. The predicted octanol–water partition coefficient (Wildman–Crippen LogP) is -0.0445. The van der Waals surface area contributed by atoms with Gasteiger partial charge in [0.15, 0.2) is 0 Å². The molecule has 88 valence electrons. The molecule has 16 heavy (non-hydrogen) atoms. The topological polar surface area (TPSA) is 102 Å². The van der Waals surface area contributed by atoms with Gasteiger partial charge >= 0.3 is 6.03 Å². The SMILES string of the molecule is CCOc1ccnc(NCCNC(N)=O)n1. The summed E-state index contributed by atoms with van der Waals surface area (Å²) in [5, 5.41) is 5.37. The molecule has 0 unspecified atom stereocenters. The normalized spacial score (nSPS) is 9.56. The smallest absolute Gasteiger partial charge is 0.312 e. The van der Waals surface area contributed by atoms with Crippen molar-refractivity contribution in [1.29, 1.82) is 0 Å². The molecule has 0 aliphatic rings. The van der Waals surface area contributed by atoms with Gasteiger partial charge in [0.1, 0.15) is 0 Å². The number of nitrogens with one attached hydrogen (secondary N) is 2. The van der Waals surface area contributed by atoms with Crippen LogP contribution in [0, 0.1) is 0 Å². The number of amides is 2. The molecule has 2 amide bonds. The molecule has 0 aliphatic carbocycles. The van der Waals surface area contributed by atoms with Crippen LogP contribution in [0.25, 0.3) is 0 Å². The molecular formula is C9H15N5O2. The van der Waals surface area contributed by atoms with Crippen LogP contribution < -0.4 is 21.1 Å². The van der Waals surface area contributed by atoms with Crippen molar-refractivity contribution in [2.75, 3.05) is 25.0 Å². The monoisotopic (exact) mass is 225 g/mol. The molecule has 0 aliphatic heterocycles. The van der Waals surface area contributed by atoms with E-state index in [0.29, 0.717) is 31.5 Å². The molecule has 0 aromatic carbocycles. The number of rotatable bonds is 6. The molecule has 1 heterocycles. The van der Waals surface area contributed by atoms with E-state index in [-0.39, 0.29) is 0 Å². The summed E-state index contributed by atoms with van der Waals surface area (Å²) in [4.78, 5) is 18.5. The van der Waals surface area contributed by atoms with E-state index in [9.17, 15) is 4.79 Å². The van der Waals surface area contributed by atoms with Gasteiger partial charge in [-0.2, -0.15) is 4.98 Å². The lowest BCUT2D eigenvalue weighted by atomic mass is 10.6. The second-order valence-corrected chi connectivity index (χ2v) is 2.87. The van der Waals surface area contributed by atoms with Crippen LogP contribution in [-0.4, -0.2) is 35.7 Å². The molecule has 1 rings (SSSR count). The van der Waals surface area contributed by atoms with Gasteiger partial charge in [0.25, 0.3) is 0 Å². The minimum Gasteiger partial charge on any atom is -0.478 e. The first-order chi connectivity index (χ1) is 7.72. The van der Waals surface area contributed by atoms with Gasteiger partial charge in [-0.05, 0) is 6.92 Å². The predicted molar refractivity (Wildman–Crippen MR) is 59.3 cm³/mol. The van der Waals surface area contributed by atoms with Crippen molar-refractivity contribution in [1.82, 2.24) is 15.3 Å². The Kier molecular flexibility index (Phi) is 4.84. The zero-order chi connectivity index (χ0) is 11.8. The Morgan fingerprint density at radius 1 is 1.56 bits per heavy atom. The average Bonchev–Trinajstić information content (AvgIpc) is 2.25. The summed E-state index contributed by atoms with van der Waals surface area (Å²) < 4.78 is 5.21. The van der Waals surface area contributed by atoms with E-state index in [4.69, 9.17) is 10.5 Å². The molecule has 0 bridgehead atoms. The first kappa shape index (κ1) is 12.0. The van der Waals surface area contributed by atoms with Crippen molar-refractivity contribution in [3.05, 3.63) is 12.3 Å². The highest BCUT2D eigenvalue weighted by molar-refractivity contribution is 5.71. The molecule has 1 aromatic heterocycles. The van der Waals surface area contributed by atoms with Crippen LogP contribution in [0.1, 0.15) is 6.92 Å². The second-order valence-electron chi connectivity index (χ2n) is 2.87. The van der Waals surface area contributed by atoms with Gasteiger partial charge in [-0.3, -0.25) is 0 Å². The fourth-order valence-corrected chi connectivity index (χ4v) is 1.02. The Balaban J connectivity index is 2.35. The average molecular weight is 225 g/mol. The standard InChI is InChI=1S/C9H15N5O2/c1-2-16-7-3-4-12-9(14-7)13-6-5-11-8(10)15/h3-4H,2,5-6H2,1H3,(H3,10,11,15)(H,12,13,14). The molecule has 0 saturated carbocycles. The van der Waals surface area contributed by atoms with Gasteiger partial charge in [0.05, 0.1) is 6.61 Å². The largest absolute Gasteiger partial charge is 0.478 e. The van der Waals surface area contributed by atoms with Gasteiger partial charge in [0.2, 0.25) is 11.8 Å². The number of nitrogens with zero attached hydrogens (tertiary/aromatic N) is 2. The van der Waals surface area contributed by atoms with Gasteiger partial charge < -0.3 is 21.1 Å². The number of primary amides is 1. The molecule has 0 spiro atoms. The minimum absolute atomic E-state index is 0.414. The first-order valence-corrected chi connectivity index (χ1v) is 4.95. The lowest BCUT2D eigenvalue weighted by molar-refractivity contribution is 0.249. The summed E-state index contributed by atoms with van der Waals surface area (Å²) in [7, 11) is 0. The van der Waals surface area contributed by atoms with E-state index in [1.54, 1.807) is 12.3 Å². The van der Waals surface area contributed by atoms with Crippen molar-refractivity contribution in [2.45, 2.75) is 6.92 Å². The summed E-state index contributed by atoms with van der Waals surface area (Å²) in [5.41, 5.74) is 4.91. The Morgan fingerprint density at radius 2 is 2.38 bits per heavy atom. The maximum absolute atomic E-state index is 10.4. The number of carbonyl (C=O) groups excluding carboxylic acids is 1. The highest BCUT2D eigenvalue weighted by Crippen LogP contribution is 2.07. The summed E-state index contributed by atoms with van der Waals surface area (Å²) in [6, 6.07) is 1.13. The fourth-order valence-electron chi connectivity index (χ4n) is 1.02. The maximum atomic E-state index is 10.4. The molecule has 0 radical (unpaired) electrons. The fraction of sp³-hybridized carbons (Fsp3) is 0.444. The number of hydrogen-bond donors (Lipinski definition) is 3. The van der Waals surface area contributed by atoms with Crippen LogP contribution in [0.3, 0.4) is 0 Å². The molecular weight excluding hydrogens is 210 g/mol. The first-order valence-electron chi connectivity index (χ1n) is 4.95. The molecule has 7 heteroatoms. The Hall–Kier alpha value is -2.05. The van der Waals surface area contributed by atoms with E-state index in [1.165, 1.54) is 0 Å². The van der Waals surface area contributed by atoms with Crippen LogP contribution in [0.2, 0.25) is 0 Å². The van der Waals surface area contributed by atoms with Crippen LogP contribution in [-0.2, 0) is 0 Å². The van der Waals surface area contributed by atoms with Crippen LogP contribution in [0.15, 0.2) is 12.3 Å². The zero-order valence-corrected chi connectivity index (χ0v) is 9.06. The van der Waals surface area contributed by atoms with Crippen molar-refractivity contribution in [3.8, 4) is 5.88 Å². The number of anilines is 1. The van der Waals surface area contributed by atoms with E-state index in [1.807, 2.05) is 6.92 Å². The second kappa shape index (κ2) is 6.44. The lowest BCUT2D eigenvalue weighted by Gasteiger charge is -2.06. The van der Waals surface area contributed by atoms with Crippen LogP contribution >= 0.6 is 0 Å². The molecule has 0 saturated heterocycles. The van der Waals surface area contributed by atoms with Gasteiger partial charge in [-0.15, -0.1) is 0 Å². The highest BCUT2D eigenvalue weighted by atomic mass is 16.5. The number of aromatic nitrogens is 2. The molecule has 7 nitrogen and oxygen atoms in total. The van der Waals surface area contributed by atoms with Crippen molar-refractivity contribution >= 4 is 12.0 Å². The Bertz CT molecular complexity index is 344. The number of nitrogens with two attached hydrogens (primary N) is 1. The molecule has 4 N–H and O–H groups in total. The van der Waals surface area contributed by atoms with Gasteiger partial charge in [-0.1, -0.05) is 0 Å². The van der Waals surface area contributed by atoms with Crippen LogP contribution in [0.4, 0.5) is 10.7 Å². The molecule has 1 aromatic rings. The number of carbonyl (C=O) groups is 1. The quantitative estimate of drug-likeness (QED) is 0.589. The van der Waals surface area contributed by atoms with E-state index >= 15 is 0 Å². The summed E-state index contributed by atoms with van der Waals surface area (Å²) in [6.07, 6.45) is 1.60. The third kappa shape index (κ3) is 4.45. The molecule has 0 atom stereocenters. The summed E-state index contributed by atoms with van der Waals surface area (Å²) in [5.74, 6) is 0.972. The van der Waals surface area contributed by atoms with Gasteiger partial charge in [-0.25, -0.2) is 9.78 Å². The number of urea groups is 1. The summed E-state index contributed by atoms with van der Waals surface area (Å²) in [6.45, 7) is 3.35. The van der Waals surface area contributed by atoms with E-state index in [2.05, 4.69) is 20.6 Å². The zero-order valence-electron chi connectivity index (χ0n) is 9.06. The Labute approximate surface area is 93.4 Å². The van der Waals surface area contributed by atoms with Gasteiger partial charge in [0, 0.05) is 25.4 Å². The third-order valence-electron chi connectivity index (χ3n) is 1.63. The minimum atomic E-state index is -0.550. The van der Waals surface area contributed by atoms with Crippen molar-refractivity contribution in [3.63, 3.8) is 0 Å². The van der Waals surface area contributed by atoms with Crippen molar-refractivity contribution < 1.29 is 9.53 Å². The Morgan fingerprint density at radius 3 is 3.06 bits per heavy atom. The lowest BCUT2D eigenvalue weighted by Crippen LogP contribution is -2.33.